The van der Waals surface area contributed by atoms with E-state index < -0.39 is 5.82 Å². The second-order valence-corrected chi connectivity index (χ2v) is 8.64. The van der Waals surface area contributed by atoms with Crippen molar-refractivity contribution in [2.24, 2.45) is 0 Å². The first-order chi connectivity index (χ1) is 17.1. The zero-order valence-electron chi connectivity index (χ0n) is 19.1. The summed E-state index contributed by atoms with van der Waals surface area (Å²) in [6.45, 7) is 3.54. The van der Waals surface area contributed by atoms with Crippen LogP contribution in [0.3, 0.4) is 0 Å². The normalized spacial score (nSPS) is 14.6. The van der Waals surface area contributed by atoms with Crippen molar-refractivity contribution >= 4 is 34.0 Å². The Labute approximate surface area is 200 Å². The second kappa shape index (κ2) is 8.48. The predicted octanol–water partition coefficient (Wildman–Crippen LogP) is 3.42. The van der Waals surface area contributed by atoms with Crippen molar-refractivity contribution < 1.29 is 9.18 Å². The van der Waals surface area contributed by atoms with Gasteiger partial charge in [0.05, 0.1) is 22.7 Å². The van der Waals surface area contributed by atoms with Crippen LogP contribution in [0.1, 0.15) is 10.4 Å². The molecule has 10 heteroatoms. The van der Waals surface area contributed by atoms with E-state index in [1.807, 2.05) is 36.4 Å². The number of para-hydroxylation sites is 1. The van der Waals surface area contributed by atoms with E-state index in [0.29, 0.717) is 22.2 Å². The van der Waals surface area contributed by atoms with Gasteiger partial charge in [-0.2, -0.15) is 10.2 Å². The van der Waals surface area contributed by atoms with Gasteiger partial charge in [0.2, 0.25) is 0 Å². The van der Waals surface area contributed by atoms with Crippen molar-refractivity contribution in [2.45, 2.75) is 0 Å². The first-order valence-corrected chi connectivity index (χ1v) is 11.4. The standard InChI is InChI=1S/C25H23FN8O/c1-32-10-12-33(13-11-32)20-7-3-2-6-16(20)25(35)29-24-17-14-19(26)22(28-23(17)30-31-24)18-15-27-34-9-5-4-8-21(18)34/h2-9,14-15H,10-13H2,1H3,(H2,28,29,30,31,35). The van der Waals surface area contributed by atoms with Crippen molar-refractivity contribution in [2.75, 3.05) is 43.4 Å². The highest BCUT2D eigenvalue weighted by Crippen LogP contribution is 2.30. The van der Waals surface area contributed by atoms with Gasteiger partial charge in [0.1, 0.15) is 5.69 Å². The zero-order chi connectivity index (χ0) is 23.9. The molecule has 0 unspecified atom stereocenters. The number of rotatable bonds is 4. The van der Waals surface area contributed by atoms with E-state index in [2.05, 4.69) is 42.4 Å². The number of halogens is 1. The lowest BCUT2D eigenvalue weighted by Gasteiger charge is -2.34. The SMILES string of the molecule is CN1CCN(c2ccccc2C(=O)Nc2n[nH]c3nc(-c4cnn5ccccc45)c(F)cc23)CC1. The third kappa shape index (κ3) is 3.77. The lowest BCUT2D eigenvalue weighted by atomic mass is 10.1. The molecule has 35 heavy (non-hydrogen) atoms. The Hall–Kier alpha value is -4.31. The minimum absolute atomic E-state index is 0.167. The molecule has 9 nitrogen and oxygen atoms in total. The van der Waals surface area contributed by atoms with E-state index in [-0.39, 0.29) is 17.4 Å². The van der Waals surface area contributed by atoms with Gasteiger partial charge in [-0.1, -0.05) is 18.2 Å². The number of hydrogen-bond donors (Lipinski definition) is 2. The highest BCUT2D eigenvalue weighted by Gasteiger charge is 2.22. The molecular formula is C25H23FN8O. The number of hydrogen-bond acceptors (Lipinski definition) is 6. The molecule has 0 saturated carbocycles. The number of H-pyrrole nitrogens is 1. The van der Waals surface area contributed by atoms with E-state index in [4.69, 9.17) is 0 Å². The summed E-state index contributed by atoms with van der Waals surface area (Å²) in [6, 6.07) is 14.4. The van der Waals surface area contributed by atoms with Crippen LogP contribution in [0.15, 0.2) is 60.9 Å². The molecule has 4 aromatic heterocycles. The largest absolute Gasteiger partial charge is 0.368 e. The van der Waals surface area contributed by atoms with Crippen molar-refractivity contribution in [1.29, 1.82) is 0 Å². The molecule has 0 atom stereocenters. The maximum absolute atomic E-state index is 15.2. The third-order valence-corrected chi connectivity index (χ3v) is 6.41. The summed E-state index contributed by atoms with van der Waals surface area (Å²) in [4.78, 5) is 22.2. The topological polar surface area (TPSA) is 94.4 Å². The number of piperazine rings is 1. The number of carbonyl (C=O) groups excluding carboxylic acids is 1. The fourth-order valence-corrected chi connectivity index (χ4v) is 4.49. The summed E-state index contributed by atoms with van der Waals surface area (Å²) in [5, 5.41) is 14.5. The van der Waals surface area contributed by atoms with Crippen LogP contribution in [-0.4, -0.2) is 68.8 Å². The molecule has 1 fully saturated rings. The summed E-state index contributed by atoms with van der Waals surface area (Å²) >= 11 is 0. The van der Waals surface area contributed by atoms with E-state index in [9.17, 15) is 4.79 Å². The number of amides is 1. The van der Waals surface area contributed by atoms with E-state index in [0.717, 1.165) is 37.4 Å². The van der Waals surface area contributed by atoms with Gasteiger partial charge in [0.15, 0.2) is 17.3 Å². The quantitative estimate of drug-likeness (QED) is 0.418. The predicted molar refractivity (Wildman–Crippen MR) is 132 cm³/mol. The molecule has 0 aliphatic carbocycles. The Morgan fingerprint density at radius 3 is 2.74 bits per heavy atom. The molecule has 2 N–H and O–H groups in total. The second-order valence-electron chi connectivity index (χ2n) is 8.64. The molecule has 1 aliphatic heterocycles. The van der Waals surface area contributed by atoms with Gasteiger partial charge in [-0.15, -0.1) is 0 Å². The molecular weight excluding hydrogens is 447 g/mol. The van der Waals surface area contributed by atoms with Crippen molar-refractivity contribution in [3.05, 3.63) is 72.3 Å². The fourth-order valence-electron chi connectivity index (χ4n) is 4.49. The number of aromatic nitrogens is 5. The molecule has 1 saturated heterocycles. The van der Waals surface area contributed by atoms with E-state index in [1.54, 1.807) is 23.0 Å². The number of anilines is 2. The van der Waals surface area contributed by atoms with Crippen LogP contribution < -0.4 is 10.2 Å². The van der Waals surface area contributed by atoms with Crippen LogP contribution in [-0.2, 0) is 0 Å². The molecule has 1 aliphatic rings. The number of likely N-dealkylation sites (N-methyl/N-ethyl adjacent to an activating group) is 1. The summed E-state index contributed by atoms with van der Waals surface area (Å²) in [5.41, 5.74) is 3.28. The molecule has 5 aromatic rings. The summed E-state index contributed by atoms with van der Waals surface area (Å²) in [7, 11) is 2.09. The smallest absolute Gasteiger partial charge is 0.258 e. The fraction of sp³-hybridized carbons (Fsp3) is 0.200. The Morgan fingerprint density at radius 1 is 1.09 bits per heavy atom. The molecule has 0 spiro atoms. The number of nitrogens with zero attached hydrogens (tertiary/aromatic N) is 6. The number of nitrogens with one attached hydrogen (secondary N) is 2. The Morgan fingerprint density at radius 2 is 1.89 bits per heavy atom. The minimum Gasteiger partial charge on any atom is -0.368 e. The molecule has 1 amide bonds. The molecule has 5 heterocycles. The van der Waals surface area contributed by atoms with Gasteiger partial charge < -0.3 is 15.1 Å². The Bertz CT molecular complexity index is 1550. The molecule has 1 aromatic carbocycles. The first-order valence-electron chi connectivity index (χ1n) is 11.4. The van der Waals surface area contributed by atoms with Gasteiger partial charge in [0.25, 0.3) is 5.91 Å². The molecule has 0 bridgehead atoms. The monoisotopic (exact) mass is 470 g/mol. The minimum atomic E-state index is -0.522. The van der Waals surface area contributed by atoms with Gasteiger partial charge in [-0.25, -0.2) is 13.9 Å². The average Bonchev–Trinajstić information content (AvgIpc) is 3.48. The van der Waals surface area contributed by atoms with Crippen LogP contribution in [0.25, 0.3) is 27.8 Å². The van der Waals surface area contributed by atoms with Crippen LogP contribution >= 0.6 is 0 Å². The number of fused-ring (bicyclic) bond motifs is 2. The van der Waals surface area contributed by atoms with Gasteiger partial charge in [-0.05, 0) is 37.4 Å². The van der Waals surface area contributed by atoms with Crippen molar-refractivity contribution in [1.82, 2.24) is 29.7 Å². The number of benzene rings is 1. The maximum Gasteiger partial charge on any atom is 0.258 e. The molecule has 176 valence electrons. The first kappa shape index (κ1) is 21.2. The van der Waals surface area contributed by atoms with Crippen molar-refractivity contribution in [3.8, 4) is 11.3 Å². The third-order valence-electron chi connectivity index (χ3n) is 6.41. The van der Waals surface area contributed by atoms with Crippen LogP contribution in [0, 0.1) is 5.82 Å². The van der Waals surface area contributed by atoms with Gasteiger partial charge in [0, 0.05) is 43.6 Å². The maximum atomic E-state index is 15.2. The highest BCUT2D eigenvalue weighted by atomic mass is 19.1. The van der Waals surface area contributed by atoms with Crippen LogP contribution in [0.4, 0.5) is 15.9 Å². The van der Waals surface area contributed by atoms with Crippen LogP contribution in [0.2, 0.25) is 0 Å². The van der Waals surface area contributed by atoms with Gasteiger partial charge >= 0.3 is 0 Å². The zero-order valence-corrected chi connectivity index (χ0v) is 19.1. The summed E-state index contributed by atoms with van der Waals surface area (Å²) in [6.07, 6.45) is 3.38. The molecule has 0 radical (unpaired) electrons. The number of carbonyl (C=O) groups is 1. The highest BCUT2D eigenvalue weighted by molar-refractivity contribution is 6.10. The molecule has 6 rings (SSSR count). The van der Waals surface area contributed by atoms with Crippen molar-refractivity contribution in [3.63, 3.8) is 0 Å². The average molecular weight is 471 g/mol. The Kier molecular flexibility index (Phi) is 5.14. The number of aromatic amines is 1. The van der Waals surface area contributed by atoms with Crippen LogP contribution in [0.5, 0.6) is 0 Å². The van der Waals surface area contributed by atoms with E-state index >= 15 is 4.39 Å². The van der Waals surface area contributed by atoms with Gasteiger partial charge in [-0.3, -0.25) is 9.89 Å². The lowest BCUT2D eigenvalue weighted by molar-refractivity contribution is 0.102. The summed E-state index contributed by atoms with van der Waals surface area (Å²) < 4.78 is 16.9. The summed E-state index contributed by atoms with van der Waals surface area (Å²) in [5.74, 6) is -0.595. The Balaban J connectivity index is 1.31. The number of pyridine rings is 2. The van der Waals surface area contributed by atoms with E-state index in [1.165, 1.54) is 6.07 Å². The lowest BCUT2D eigenvalue weighted by Crippen LogP contribution is -2.45.